The van der Waals surface area contributed by atoms with Crippen molar-refractivity contribution in [3.8, 4) is 0 Å². The zero-order valence-corrected chi connectivity index (χ0v) is 18.7. The second-order valence-electron chi connectivity index (χ2n) is 11.8. The molecule has 30 heavy (non-hydrogen) atoms. The van der Waals surface area contributed by atoms with Crippen LogP contribution in [0.25, 0.3) is 0 Å². The van der Waals surface area contributed by atoms with Crippen molar-refractivity contribution in [1.29, 1.82) is 0 Å². The number of hydrogen-bond acceptors (Lipinski definition) is 3. The largest absolute Gasteiger partial charge is 0.298 e. The number of benzene rings is 1. The maximum Gasteiger partial charge on any atom is 0.147 e. The van der Waals surface area contributed by atoms with E-state index in [1.54, 1.807) is 5.56 Å². The molecule has 2 aliphatic heterocycles. The maximum atomic E-state index is 13.4. The van der Waals surface area contributed by atoms with E-state index in [1.165, 1.54) is 57.9 Å². The van der Waals surface area contributed by atoms with Crippen LogP contribution in [-0.4, -0.2) is 53.8 Å². The van der Waals surface area contributed by atoms with Gasteiger partial charge in [-0.05, 0) is 93.1 Å². The average molecular weight is 407 g/mol. The van der Waals surface area contributed by atoms with Gasteiger partial charge in [0.15, 0.2) is 0 Å². The number of nitrogens with zero attached hydrogens (tertiary/aromatic N) is 2. The number of hydrogen-bond donors (Lipinski definition) is 0. The third-order valence-corrected chi connectivity index (χ3v) is 9.74. The van der Waals surface area contributed by atoms with Gasteiger partial charge in [-0.2, -0.15) is 0 Å². The summed E-state index contributed by atoms with van der Waals surface area (Å²) in [4.78, 5) is 18.6. The van der Waals surface area contributed by atoms with Crippen LogP contribution < -0.4 is 0 Å². The van der Waals surface area contributed by atoms with E-state index in [0.29, 0.717) is 29.8 Å². The summed E-state index contributed by atoms with van der Waals surface area (Å²) in [7, 11) is 0. The van der Waals surface area contributed by atoms with Crippen molar-refractivity contribution >= 4 is 5.78 Å². The van der Waals surface area contributed by atoms with E-state index < -0.39 is 0 Å². The number of fused-ring (bicyclic) bond motifs is 1. The van der Waals surface area contributed by atoms with Crippen LogP contribution in [-0.2, 0) is 10.2 Å². The van der Waals surface area contributed by atoms with Gasteiger partial charge >= 0.3 is 0 Å². The Morgan fingerprint density at radius 2 is 1.80 bits per heavy atom. The highest BCUT2D eigenvalue weighted by Gasteiger charge is 2.58. The number of carbonyl (C=O) groups excluding carboxylic acids is 1. The fourth-order valence-electron chi connectivity index (χ4n) is 9.09. The molecule has 0 N–H and O–H groups in total. The Hall–Kier alpha value is -1.19. The molecule has 0 amide bonds. The van der Waals surface area contributed by atoms with Crippen LogP contribution in [0.4, 0.5) is 0 Å². The molecule has 2 saturated heterocycles. The number of piperazine rings is 1. The molecule has 7 rings (SSSR count). The molecule has 3 unspecified atom stereocenters. The molecule has 2 heterocycles. The first kappa shape index (κ1) is 19.5. The van der Waals surface area contributed by atoms with Crippen molar-refractivity contribution in [2.45, 2.75) is 82.2 Å². The van der Waals surface area contributed by atoms with Crippen LogP contribution in [0.3, 0.4) is 0 Å². The maximum absolute atomic E-state index is 13.4. The van der Waals surface area contributed by atoms with Gasteiger partial charge in [0.2, 0.25) is 0 Å². The van der Waals surface area contributed by atoms with Crippen molar-refractivity contribution in [2.75, 3.05) is 26.2 Å². The molecule has 1 aromatic carbocycles. The van der Waals surface area contributed by atoms with Gasteiger partial charge < -0.3 is 0 Å². The van der Waals surface area contributed by atoms with Crippen molar-refractivity contribution in [3.05, 3.63) is 35.9 Å². The molecule has 3 heteroatoms. The summed E-state index contributed by atoms with van der Waals surface area (Å²) >= 11 is 0. The van der Waals surface area contributed by atoms with E-state index in [-0.39, 0.29) is 5.41 Å². The predicted octanol–water partition coefficient (Wildman–Crippen LogP) is 4.65. The molecule has 4 bridgehead atoms. The molecule has 6 fully saturated rings. The molecule has 0 radical (unpaired) electrons. The minimum atomic E-state index is 0.287. The van der Waals surface area contributed by atoms with Gasteiger partial charge in [-0.15, -0.1) is 0 Å². The first-order chi connectivity index (χ1) is 14.5. The third kappa shape index (κ3) is 3.19. The van der Waals surface area contributed by atoms with Gasteiger partial charge in [0.25, 0.3) is 0 Å². The lowest BCUT2D eigenvalue weighted by Gasteiger charge is -2.62. The second-order valence-corrected chi connectivity index (χ2v) is 11.8. The Balaban J connectivity index is 1.18. The van der Waals surface area contributed by atoms with Crippen LogP contribution in [0, 0.1) is 17.3 Å². The highest BCUT2D eigenvalue weighted by Crippen LogP contribution is 2.66. The highest BCUT2D eigenvalue weighted by molar-refractivity contribution is 5.81. The molecule has 0 spiro atoms. The molecule has 4 atom stereocenters. The minimum Gasteiger partial charge on any atom is -0.298 e. The molecule has 6 aliphatic rings. The number of rotatable bonds is 5. The number of carbonyl (C=O) groups is 1. The van der Waals surface area contributed by atoms with Gasteiger partial charge in [-0.25, -0.2) is 0 Å². The first-order valence-corrected chi connectivity index (χ1v) is 12.6. The Bertz CT molecular complexity index is 790. The van der Waals surface area contributed by atoms with Crippen molar-refractivity contribution < 1.29 is 4.79 Å². The monoisotopic (exact) mass is 406 g/mol. The topological polar surface area (TPSA) is 23.6 Å². The molecule has 0 aromatic heterocycles. The zero-order chi connectivity index (χ0) is 20.3. The quantitative estimate of drug-likeness (QED) is 0.711. The fourth-order valence-corrected chi connectivity index (χ4v) is 9.09. The molecule has 1 aromatic rings. The lowest BCUT2D eigenvalue weighted by atomic mass is 9.42. The van der Waals surface area contributed by atoms with E-state index in [1.807, 2.05) is 0 Å². The normalized spacial score (nSPS) is 43.1. The molecular formula is C27H38N2O. The van der Waals surface area contributed by atoms with E-state index >= 15 is 0 Å². The number of ketones is 1. The van der Waals surface area contributed by atoms with Gasteiger partial charge in [0, 0.05) is 31.6 Å². The van der Waals surface area contributed by atoms with Crippen molar-refractivity contribution in [1.82, 2.24) is 9.80 Å². The smallest absolute Gasteiger partial charge is 0.147 e. The summed E-state index contributed by atoms with van der Waals surface area (Å²) in [6.07, 6.45) is 11.5. The van der Waals surface area contributed by atoms with Crippen molar-refractivity contribution in [2.24, 2.45) is 17.3 Å². The van der Waals surface area contributed by atoms with E-state index in [4.69, 9.17) is 0 Å². The standard InChI is InChI=1S/C27H38N2O/c1-20-25-8-5-9-28(25)10-11-29(20)18-24(30)17-26-13-21-12-22(14-26)16-27(15-21,19-26)23-6-3-2-4-7-23/h2-4,6-7,20-22,25H,5,8-19H2,1H3/t20-,21?,22?,25?,26?,27?/m0/s1. The summed E-state index contributed by atoms with van der Waals surface area (Å²) in [5, 5.41) is 0. The molecule has 3 nitrogen and oxygen atoms in total. The minimum absolute atomic E-state index is 0.287. The Morgan fingerprint density at radius 1 is 1.03 bits per heavy atom. The summed E-state index contributed by atoms with van der Waals surface area (Å²) in [6.45, 7) is 6.57. The first-order valence-electron chi connectivity index (χ1n) is 12.6. The highest BCUT2D eigenvalue weighted by atomic mass is 16.1. The Kier molecular flexibility index (Phi) is 4.66. The molecule has 4 saturated carbocycles. The van der Waals surface area contributed by atoms with E-state index in [2.05, 4.69) is 47.1 Å². The SMILES string of the molecule is C[C@H]1C2CCCN2CCN1CC(=O)CC12CC3CC(C1)CC(c1ccccc1)(C3)C2. The summed E-state index contributed by atoms with van der Waals surface area (Å²) in [6, 6.07) is 12.5. The molecule has 162 valence electrons. The van der Waals surface area contributed by atoms with E-state index in [9.17, 15) is 4.79 Å². The van der Waals surface area contributed by atoms with Gasteiger partial charge in [-0.3, -0.25) is 14.6 Å². The van der Waals surface area contributed by atoms with Crippen LogP contribution in [0.2, 0.25) is 0 Å². The van der Waals surface area contributed by atoms with Crippen LogP contribution >= 0.6 is 0 Å². The average Bonchev–Trinajstić information content (AvgIpc) is 3.19. The van der Waals surface area contributed by atoms with Gasteiger partial charge in [0.05, 0.1) is 6.54 Å². The van der Waals surface area contributed by atoms with Gasteiger partial charge in [0.1, 0.15) is 5.78 Å². The van der Waals surface area contributed by atoms with E-state index in [0.717, 1.165) is 31.3 Å². The number of Topliss-reactive ketones (excluding diaryl/α,β-unsaturated/α-hetero) is 1. The Morgan fingerprint density at radius 3 is 2.57 bits per heavy atom. The Labute approximate surface area is 182 Å². The van der Waals surface area contributed by atoms with Crippen LogP contribution in [0.1, 0.15) is 70.3 Å². The lowest BCUT2D eigenvalue weighted by Crippen LogP contribution is -2.58. The second kappa shape index (κ2) is 7.17. The molecule has 4 aliphatic carbocycles. The van der Waals surface area contributed by atoms with Crippen LogP contribution in [0.5, 0.6) is 0 Å². The zero-order valence-electron chi connectivity index (χ0n) is 18.7. The fraction of sp³-hybridized carbons (Fsp3) is 0.741. The van der Waals surface area contributed by atoms with Crippen molar-refractivity contribution in [3.63, 3.8) is 0 Å². The summed E-state index contributed by atoms with van der Waals surface area (Å²) < 4.78 is 0. The predicted molar refractivity (Wildman–Crippen MR) is 120 cm³/mol. The summed E-state index contributed by atoms with van der Waals surface area (Å²) in [5.74, 6) is 2.22. The summed E-state index contributed by atoms with van der Waals surface area (Å²) in [5.41, 5.74) is 2.20. The lowest BCUT2D eigenvalue weighted by molar-refractivity contribution is -0.131. The molecular weight excluding hydrogens is 368 g/mol. The van der Waals surface area contributed by atoms with Gasteiger partial charge in [-0.1, -0.05) is 30.3 Å². The third-order valence-electron chi connectivity index (χ3n) is 9.74. The van der Waals surface area contributed by atoms with Crippen LogP contribution in [0.15, 0.2) is 30.3 Å².